The minimum atomic E-state index is -4.64. The zero-order chi connectivity index (χ0) is 18.6. The van der Waals surface area contributed by atoms with E-state index in [1.54, 1.807) is 0 Å². The number of nitro benzene ring substituents is 1. The highest BCUT2D eigenvalue weighted by molar-refractivity contribution is 5.69. The molecule has 1 aromatic heterocycles. The van der Waals surface area contributed by atoms with Gasteiger partial charge in [-0.05, 0) is 23.8 Å². The molecule has 7 nitrogen and oxygen atoms in total. The summed E-state index contributed by atoms with van der Waals surface area (Å²) in [6.07, 6.45) is -4.10. The van der Waals surface area contributed by atoms with Crippen LogP contribution in [0.5, 0.6) is 0 Å². The van der Waals surface area contributed by atoms with Crippen molar-refractivity contribution in [2.24, 2.45) is 0 Å². The van der Waals surface area contributed by atoms with Crippen molar-refractivity contribution in [2.75, 3.05) is 0 Å². The third-order valence-electron chi connectivity index (χ3n) is 3.16. The number of nitrogens with zero attached hydrogens (tertiary/aromatic N) is 2. The van der Waals surface area contributed by atoms with E-state index in [1.807, 2.05) is 0 Å². The van der Waals surface area contributed by atoms with E-state index in [0.717, 1.165) is 0 Å². The highest BCUT2D eigenvalue weighted by Gasteiger charge is 2.31. The maximum Gasteiger partial charge on any atom is 0.417 e. The van der Waals surface area contributed by atoms with Gasteiger partial charge < -0.3 is 9.30 Å². The maximum absolute atomic E-state index is 12.6. The van der Waals surface area contributed by atoms with Gasteiger partial charge in [0, 0.05) is 24.4 Å². The predicted octanol–water partition coefficient (Wildman–Crippen LogP) is 2.52. The quantitative estimate of drug-likeness (QED) is 0.466. The second-order valence-corrected chi connectivity index (χ2v) is 4.97. The van der Waals surface area contributed by atoms with Crippen molar-refractivity contribution >= 4 is 11.7 Å². The number of carbonyl (C=O) groups is 1. The van der Waals surface area contributed by atoms with Crippen molar-refractivity contribution in [1.82, 2.24) is 4.57 Å². The lowest BCUT2D eigenvalue weighted by Gasteiger charge is -2.10. The average Bonchev–Trinajstić information content (AvgIpc) is 2.54. The molecule has 0 atom stereocenters. The molecule has 0 amide bonds. The van der Waals surface area contributed by atoms with Gasteiger partial charge in [-0.15, -0.1) is 0 Å². The Morgan fingerprint density at radius 1 is 1.16 bits per heavy atom. The molecule has 0 spiro atoms. The number of esters is 1. The van der Waals surface area contributed by atoms with Gasteiger partial charge in [0.15, 0.2) is 0 Å². The fourth-order valence-electron chi connectivity index (χ4n) is 1.89. The van der Waals surface area contributed by atoms with Crippen molar-refractivity contribution in [3.05, 3.63) is 74.2 Å². The summed E-state index contributed by atoms with van der Waals surface area (Å²) in [5.74, 6) is -0.917. The summed E-state index contributed by atoms with van der Waals surface area (Å²) in [5.41, 5.74) is -1.52. The number of aromatic nitrogens is 1. The molecule has 0 radical (unpaired) electrons. The van der Waals surface area contributed by atoms with Gasteiger partial charge >= 0.3 is 12.1 Å². The fourth-order valence-corrected chi connectivity index (χ4v) is 1.89. The molecule has 0 N–H and O–H groups in total. The van der Waals surface area contributed by atoms with Crippen molar-refractivity contribution in [3.63, 3.8) is 0 Å². The van der Waals surface area contributed by atoms with E-state index >= 15 is 0 Å². The van der Waals surface area contributed by atoms with Crippen LogP contribution in [0, 0.1) is 10.1 Å². The number of pyridine rings is 1. The third-order valence-corrected chi connectivity index (χ3v) is 3.16. The van der Waals surface area contributed by atoms with Crippen LogP contribution in [-0.2, 0) is 28.9 Å². The second kappa shape index (κ2) is 7.16. The fraction of sp³-hybridized carbons (Fsp3) is 0.200. The van der Waals surface area contributed by atoms with Crippen LogP contribution in [0.3, 0.4) is 0 Å². The highest BCUT2D eigenvalue weighted by Crippen LogP contribution is 2.28. The van der Waals surface area contributed by atoms with Crippen LogP contribution in [0.25, 0.3) is 0 Å². The zero-order valence-corrected chi connectivity index (χ0v) is 12.5. The van der Waals surface area contributed by atoms with E-state index in [9.17, 15) is 32.9 Å². The summed E-state index contributed by atoms with van der Waals surface area (Å²) >= 11 is 0. The van der Waals surface area contributed by atoms with Crippen LogP contribution in [0.15, 0.2) is 47.4 Å². The molecular formula is C15H11F3N2O5. The summed E-state index contributed by atoms with van der Waals surface area (Å²) in [4.78, 5) is 33.2. The Labute approximate surface area is 138 Å². The Bertz CT molecular complexity index is 843. The van der Waals surface area contributed by atoms with Gasteiger partial charge in [-0.25, -0.2) is 0 Å². The first-order chi connectivity index (χ1) is 11.7. The Hall–Kier alpha value is -3.17. The number of rotatable bonds is 5. The summed E-state index contributed by atoms with van der Waals surface area (Å²) in [7, 11) is 0. The summed E-state index contributed by atoms with van der Waals surface area (Å²) in [5, 5.41) is 10.5. The minimum absolute atomic E-state index is 0.134. The monoisotopic (exact) mass is 356 g/mol. The number of carbonyl (C=O) groups excluding carboxylic acids is 1. The molecule has 0 aliphatic carbocycles. The topological polar surface area (TPSA) is 91.4 Å². The summed E-state index contributed by atoms with van der Waals surface area (Å²) in [6, 6.07) is 6.54. The molecule has 0 aliphatic rings. The third kappa shape index (κ3) is 4.90. The largest absolute Gasteiger partial charge is 0.459 e. The molecule has 0 bridgehead atoms. The molecule has 0 saturated carbocycles. The molecule has 1 aromatic carbocycles. The van der Waals surface area contributed by atoms with Gasteiger partial charge in [0.1, 0.15) is 13.2 Å². The lowest BCUT2D eigenvalue weighted by Crippen LogP contribution is -2.26. The molecule has 0 unspecified atom stereocenters. The summed E-state index contributed by atoms with van der Waals surface area (Å²) in [6.45, 7) is -0.916. The normalized spacial score (nSPS) is 11.2. The Kier molecular flexibility index (Phi) is 5.20. The molecule has 1 heterocycles. The van der Waals surface area contributed by atoms with Gasteiger partial charge in [-0.2, -0.15) is 13.2 Å². The molecule has 0 fully saturated rings. The predicted molar refractivity (Wildman–Crippen MR) is 78.6 cm³/mol. The van der Waals surface area contributed by atoms with E-state index in [4.69, 9.17) is 4.74 Å². The van der Waals surface area contributed by atoms with Gasteiger partial charge in [-0.3, -0.25) is 19.7 Å². The first kappa shape index (κ1) is 18.2. The summed E-state index contributed by atoms with van der Waals surface area (Å²) < 4.78 is 43.3. The Morgan fingerprint density at radius 3 is 2.36 bits per heavy atom. The Morgan fingerprint density at radius 2 is 1.80 bits per heavy atom. The van der Waals surface area contributed by atoms with Gasteiger partial charge in [0.25, 0.3) is 11.2 Å². The number of nitro groups is 1. The van der Waals surface area contributed by atoms with Crippen LogP contribution in [0.4, 0.5) is 18.9 Å². The van der Waals surface area contributed by atoms with E-state index in [1.165, 1.54) is 24.3 Å². The van der Waals surface area contributed by atoms with Crippen LogP contribution in [0.2, 0.25) is 0 Å². The first-order valence-corrected chi connectivity index (χ1v) is 6.83. The van der Waals surface area contributed by atoms with Crippen LogP contribution < -0.4 is 5.56 Å². The molecule has 2 rings (SSSR count). The number of halogens is 3. The second-order valence-electron chi connectivity index (χ2n) is 4.97. The number of non-ortho nitro benzene ring substituents is 1. The van der Waals surface area contributed by atoms with Crippen molar-refractivity contribution in [3.8, 4) is 0 Å². The molecule has 2 aromatic rings. The molecule has 132 valence electrons. The zero-order valence-electron chi connectivity index (χ0n) is 12.5. The van der Waals surface area contributed by atoms with Gasteiger partial charge in [-0.1, -0.05) is 0 Å². The standard InChI is InChI=1S/C15H11F3N2O5/c16-15(17,18)11-3-6-13(21)19(7-11)8-14(22)25-9-10-1-4-12(5-2-10)20(23)24/h1-7H,8-9H2. The van der Waals surface area contributed by atoms with Gasteiger partial charge in [0.2, 0.25) is 0 Å². The van der Waals surface area contributed by atoms with E-state index in [0.29, 0.717) is 28.5 Å². The molecule has 0 saturated heterocycles. The number of ether oxygens (including phenoxy) is 1. The van der Waals surface area contributed by atoms with Crippen molar-refractivity contribution in [2.45, 2.75) is 19.3 Å². The molecule has 0 aliphatic heterocycles. The lowest BCUT2D eigenvalue weighted by atomic mass is 10.2. The van der Waals surface area contributed by atoms with Gasteiger partial charge in [0.05, 0.1) is 10.5 Å². The highest BCUT2D eigenvalue weighted by atomic mass is 19.4. The molecular weight excluding hydrogens is 345 g/mol. The van der Waals surface area contributed by atoms with E-state index in [2.05, 4.69) is 0 Å². The number of hydrogen-bond donors (Lipinski definition) is 0. The maximum atomic E-state index is 12.6. The van der Waals surface area contributed by atoms with E-state index < -0.39 is 34.7 Å². The first-order valence-electron chi connectivity index (χ1n) is 6.83. The van der Waals surface area contributed by atoms with Crippen molar-refractivity contribution < 1.29 is 27.6 Å². The van der Waals surface area contributed by atoms with Crippen LogP contribution in [-0.4, -0.2) is 15.5 Å². The lowest BCUT2D eigenvalue weighted by molar-refractivity contribution is -0.384. The molecule has 25 heavy (non-hydrogen) atoms. The van der Waals surface area contributed by atoms with Crippen LogP contribution in [0.1, 0.15) is 11.1 Å². The SMILES string of the molecule is O=C(Cn1cc(C(F)(F)F)ccc1=O)OCc1ccc([N+](=O)[O-])cc1. The smallest absolute Gasteiger partial charge is 0.417 e. The van der Waals surface area contributed by atoms with Crippen LogP contribution >= 0.6 is 0 Å². The minimum Gasteiger partial charge on any atom is -0.459 e. The van der Waals surface area contributed by atoms with E-state index in [-0.39, 0.29) is 12.3 Å². The number of hydrogen-bond acceptors (Lipinski definition) is 5. The number of alkyl halides is 3. The molecule has 10 heteroatoms. The van der Waals surface area contributed by atoms with Crippen molar-refractivity contribution in [1.29, 1.82) is 0 Å². The number of benzene rings is 1. The average molecular weight is 356 g/mol. The Balaban J connectivity index is 2.01.